The number of hydrogen-bond donors (Lipinski definition) is 2. The number of nitrogens with one attached hydrogen (secondary N) is 2. The average Bonchev–Trinajstić information content (AvgIpc) is 3.08. The Bertz CT molecular complexity index is 651. The lowest BCUT2D eigenvalue weighted by Gasteiger charge is -2.11. The van der Waals surface area contributed by atoms with Crippen molar-refractivity contribution in [2.45, 2.75) is 38.3 Å². The van der Waals surface area contributed by atoms with Crippen molar-refractivity contribution >= 4 is 11.7 Å². The zero-order valence-electron chi connectivity index (χ0n) is 12.8. The largest absolute Gasteiger partial charge is 0.365 e. The van der Waals surface area contributed by atoms with Gasteiger partial charge in [0.05, 0.1) is 12.4 Å². The van der Waals surface area contributed by atoms with Gasteiger partial charge in [0.25, 0.3) is 5.91 Å². The van der Waals surface area contributed by atoms with Crippen LogP contribution in [0.5, 0.6) is 0 Å². The van der Waals surface area contributed by atoms with E-state index in [1.165, 1.54) is 37.4 Å². The molecule has 1 amide bonds. The molecular formula is C17H19FN4O. The van der Waals surface area contributed by atoms with Crippen LogP contribution in [0.4, 0.5) is 10.2 Å². The van der Waals surface area contributed by atoms with Crippen molar-refractivity contribution in [2.75, 3.05) is 5.32 Å². The van der Waals surface area contributed by atoms with E-state index in [1.54, 1.807) is 12.1 Å². The Hall–Kier alpha value is -2.50. The first-order valence-corrected chi connectivity index (χ1v) is 7.82. The lowest BCUT2D eigenvalue weighted by molar-refractivity contribution is 0.0932. The quantitative estimate of drug-likeness (QED) is 0.890. The number of carbonyl (C=O) groups is 1. The number of benzene rings is 1. The van der Waals surface area contributed by atoms with Gasteiger partial charge in [0, 0.05) is 12.6 Å². The zero-order valence-corrected chi connectivity index (χ0v) is 12.8. The molecule has 1 aromatic carbocycles. The Morgan fingerprint density at radius 3 is 2.52 bits per heavy atom. The summed E-state index contributed by atoms with van der Waals surface area (Å²) in [5.41, 5.74) is 1.26. The standard InChI is InChI=1S/C17H19FN4O/c18-13-7-5-12(6-8-13)9-20-16-11-19-15(10-21-16)17(23)22-14-3-1-2-4-14/h5-8,10-11,14H,1-4,9H2,(H,20,21)(H,22,23). The summed E-state index contributed by atoms with van der Waals surface area (Å²) in [6.07, 6.45) is 7.42. The van der Waals surface area contributed by atoms with E-state index in [9.17, 15) is 9.18 Å². The van der Waals surface area contributed by atoms with E-state index in [2.05, 4.69) is 20.6 Å². The first-order chi connectivity index (χ1) is 11.2. The molecule has 23 heavy (non-hydrogen) atoms. The Labute approximate surface area is 134 Å². The smallest absolute Gasteiger partial charge is 0.271 e. The second-order valence-corrected chi connectivity index (χ2v) is 5.72. The topological polar surface area (TPSA) is 66.9 Å². The minimum Gasteiger partial charge on any atom is -0.365 e. The summed E-state index contributed by atoms with van der Waals surface area (Å²) in [4.78, 5) is 20.4. The highest BCUT2D eigenvalue weighted by Gasteiger charge is 2.18. The van der Waals surface area contributed by atoms with E-state index < -0.39 is 0 Å². The molecule has 2 N–H and O–H groups in total. The maximum Gasteiger partial charge on any atom is 0.271 e. The van der Waals surface area contributed by atoms with Gasteiger partial charge in [-0.25, -0.2) is 14.4 Å². The normalized spacial score (nSPS) is 14.7. The molecule has 0 saturated heterocycles. The van der Waals surface area contributed by atoms with Gasteiger partial charge in [-0.15, -0.1) is 0 Å². The van der Waals surface area contributed by atoms with Crippen LogP contribution >= 0.6 is 0 Å². The Morgan fingerprint density at radius 2 is 1.87 bits per heavy atom. The van der Waals surface area contributed by atoms with Crippen LogP contribution in [-0.4, -0.2) is 21.9 Å². The molecule has 0 atom stereocenters. The minimum absolute atomic E-state index is 0.172. The van der Waals surface area contributed by atoms with Crippen LogP contribution in [0.15, 0.2) is 36.7 Å². The maximum absolute atomic E-state index is 12.8. The van der Waals surface area contributed by atoms with Crippen LogP contribution in [0.3, 0.4) is 0 Å². The Balaban J connectivity index is 1.53. The van der Waals surface area contributed by atoms with Crippen molar-refractivity contribution in [3.05, 3.63) is 53.7 Å². The van der Waals surface area contributed by atoms with Gasteiger partial charge < -0.3 is 10.6 Å². The van der Waals surface area contributed by atoms with Crippen molar-refractivity contribution in [3.63, 3.8) is 0 Å². The van der Waals surface area contributed by atoms with Gasteiger partial charge in [-0.05, 0) is 30.5 Å². The number of amides is 1. The van der Waals surface area contributed by atoms with Gasteiger partial charge in [0.2, 0.25) is 0 Å². The number of nitrogens with zero attached hydrogens (tertiary/aromatic N) is 2. The van der Waals surface area contributed by atoms with Crippen molar-refractivity contribution in [1.82, 2.24) is 15.3 Å². The molecule has 1 fully saturated rings. The van der Waals surface area contributed by atoms with Crippen LogP contribution in [0.2, 0.25) is 0 Å². The summed E-state index contributed by atoms with van der Waals surface area (Å²) in [5.74, 6) is 0.146. The fourth-order valence-electron chi connectivity index (χ4n) is 2.66. The maximum atomic E-state index is 12.8. The molecule has 2 aromatic rings. The van der Waals surface area contributed by atoms with Crippen LogP contribution in [0.1, 0.15) is 41.7 Å². The van der Waals surface area contributed by atoms with Crippen molar-refractivity contribution in [3.8, 4) is 0 Å². The molecule has 0 aliphatic heterocycles. The molecule has 1 aliphatic rings. The van der Waals surface area contributed by atoms with Gasteiger partial charge >= 0.3 is 0 Å². The summed E-state index contributed by atoms with van der Waals surface area (Å²) in [6, 6.07) is 6.51. The van der Waals surface area contributed by atoms with Gasteiger partial charge in [0.15, 0.2) is 0 Å². The molecule has 5 nitrogen and oxygen atoms in total. The second kappa shape index (κ2) is 7.17. The highest BCUT2D eigenvalue weighted by molar-refractivity contribution is 5.92. The Kier molecular flexibility index (Phi) is 4.80. The molecule has 120 valence electrons. The van der Waals surface area contributed by atoms with Gasteiger partial charge in [-0.3, -0.25) is 4.79 Å². The minimum atomic E-state index is -0.258. The molecule has 1 aliphatic carbocycles. The van der Waals surface area contributed by atoms with Gasteiger partial charge in [0.1, 0.15) is 17.3 Å². The van der Waals surface area contributed by atoms with Crippen molar-refractivity contribution in [1.29, 1.82) is 0 Å². The number of aromatic nitrogens is 2. The number of carbonyl (C=O) groups excluding carboxylic acids is 1. The lowest BCUT2D eigenvalue weighted by Crippen LogP contribution is -2.33. The summed E-state index contributed by atoms with van der Waals surface area (Å²) < 4.78 is 12.8. The number of hydrogen-bond acceptors (Lipinski definition) is 4. The first kappa shape index (κ1) is 15.4. The predicted octanol–water partition coefficient (Wildman–Crippen LogP) is 2.90. The molecular weight excluding hydrogens is 295 g/mol. The SMILES string of the molecule is O=C(NC1CCCC1)c1cnc(NCc2ccc(F)cc2)cn1. The van der Waals surface area contributed by atoms with Crippen LogP contribution < -0.4 is 10.6 Å². The molecule has 1 saturated carbocycles. The fourth-order valence-corrected chi connectivity index (χ4v) is 2.66. The summed E-state index contributed by atoms with van der Waals surface area (Å²) in [6.45, 7) is 0.516. The summed E-state index contributed by atoms with van der Waals surface area (Å²) >= 11 is 0. The van der Waals surface area contributed by atoms with E-state index in [1.807, 2.05) is 0 Å². The summed E-state index contributed by atoms with van der Waals surface area (Å²) in [5, 5.41) is 6.07. The fraction of sp³-hybridized carbons (Fsp3) is 0.353. The highest BCUT2D eigenvalue weighted by atomic mass is 19.1. The molecule has 3 rings (SSSR count). The van der Waals surface area contributed by atoms with Crippen molar-refractivity contribution < 1.29 is 9.18 Å². The van der Waals surface area contributed by atoms with Gasteiger partial charge in [-0.1, -0.05) is 25.0 Å². The van der Waals surface area contributed by atoms with E-state index >= 15 is 0 Å². The van der Waals surface area contributed by atoms with Gasteiger partial charge in [-0.2, -0.15) is 0 Å². The molecule has 0 bridgehead atoms. The number of halogens is 1. The van der Waals surface area contributed by atoms with Crippen LogP contribution in [0.25, 0.3) is 0 Å². The predicted molar refractivity (Wildman–Crippen MR) is 85.5 cm³/mol. The monoisotopic (exact) mass is 314 g/mol. The molecule has 1 aromatic heterocycles. The van der Waals surface area contributed by atoms with E-state index in [0.29, 0.717) is 18.1 Å². The molecule has 1 heterocycles. The summed E-state index contributed by atoms with van der Waals surface area (Å²) in [7, 11) is 0. The highest BCUT2D eigenvalue weighted by Crippen LogP contribution is 2.18. The average molecular weight is 314 g/mol. The Morgan fingerprint density at radius 1 is 1.13 bits per heavy atom. The zero-order chi connectivity index (χ0) is 16.1. The van der Waals surface area contributed by atoms with E-state index in [4.69, 9.17) is 0 Å². The van der Waals surface area contributed by atoms with Crippen LogP contribution in [0, 0.1) is 5.82 Å². The second-order valence-electron chi connectivity index (χ2n) is 5.72. The van der Waals surface area contributed by atoms with E-state index in [0.717, 1.165) is 18.4 Å². The third kappa shape index (κ3) is 4.25. The number of rotatable bonds is 5. The van der Waals surface area contributed by atoms with Crippen molar-refractivity contribution in [2.24, 2.45) is 0 Å². The lowest BCUT2D eigenvalue weighted by atomic mass is 10.2. The molecule has 0 radical (unpaired) electrons. The first-order valence-electron chi connectivity index (χ1n) is 7.82. The third-order valence-electron chi connectivity index (χ3n) is 3.96. The van der Waals surface area contributed by atoms with Crippen LogP contribution in [-0.2, 0) is 6.54 Å². The molecule has 0 spiro atoms. The molecule has 0 unspecified atom stereocenters. The van der Waals surface area contributed by atoms with E-state index in [-0.39, 0.29) is 17.8 Å². The third-order valence-corrected chi connectivity index (χ3v) is 3.96. The molecule has 6 heteroatoms. The number of anilines is 1.